The molecule has 2 aromatic carbocycles. The summed E-state index contributed by atoms with van der Waals surface area (Å²) < 4.78 is 15.5. The normalized spacial score (nSPS) is 11.4. The Kier molecular flexibility index (Phi) is 7.19. The van der Waals surface area contributed by atoms with Gasteiger partial charge in [0.05, 0.1) is 25.9 Å². The standard InChI is InChI=1S/C20H24N2O5/c1-13(14-8-6-5-7-9-14)21-20(24)15-10-16(22-18(23)12-25-2)19(27-4)17(11-15)26-3/h5-11,13H,12H2,1-4H3,(H,21,24)(H,22,23)/t13-/m0/s1. The zero-order valence-corrected chi connectivity index (χ0v) is 15.9. The summed E-state index contributed by atoms with van der Waals surface area (Å²) in [5.74, 6) is 0.00227. The Bertz CT molecular complexity index is 792. The number of carbonyl (C=O) groups excluding carboxylic acids is 2. The third kappa shape index (κ3) is 5.21. The molecule has 27 heavy (non-hydrogen) atoms. The van der Waals surface area contributed by atoms with Crippen molar-refractivity contribution in [3.8, 4) is 11.5 Å². The third-order valence-corrected chi connectivity index (χ3v) is 3.94. The van der Waals surface area contributed by atoms with Gasteiger partial charge in [-0.25, -0.2) is 0 Å². The molecular formula is C20H24N2O5. The molecule has 0 fully saturated rings. The molecule has 0 spiro atoms. The SMILES string of the molecule is COCC(=O)Nc1cc(C(=O)N[C@@H](C)c2ccccc2)cc(OC)c1OC. The predicted molar refractivity (Wildman–Crippen MR) is 102 cm³/mol. The summed E-state index contributed by atoms with van der Waals surface area (Å²) in [5, 5.41) is 5.60. The molecule has 2 rings (SSSR count). The molecule has 0 bridgehead atoms. The van der Waals surface area contributed by atoms with Crippen LogP contribution < -0.4 is 20.1 Å². The summed E-state index contributed by atoms with van der Waals surface area (Å²) in [6.45, 7) is 1.78. The lowest BCUT2D eigenvalue weighted by Crippen LogP contribution is -2.27. The van der Waals surface area contributed by atoms with Crippen molar-refractivity contribution in [2.24, 2.45) is 0 Å². The minimum atomic E-state index is -0.368. The van der Waals surface area contributed by atoms with Crippen molar-refractivity contribution < 1.29 is 23.8 Å². The summed E-state index contributed by atoms with van der Waals surface area (Å²) in [4.78, 5) is 24.6. The largest absolute Gasteiger partial charge is 0.493 e. The van der Waals surface area contributed by atoms with Gasteiger partial charge in [0.25, 0.3) is 5.91 Å². The van der Waals surface area contributed by atoms with Gasteiger partial charge < -0.3 is 24.8 Å². The van der Waals surface area contributed by atoms with Crippen molar-refractivity contribution in [3.63, 3.8) is 0 Å². The van der Waals surface area contributed by atoms with Crippen LogP contribution in [-0.4, -0.2) is 39.8 Å². The van der Waals surface area contributed by atoms with Crippen LogP contribution in [0.25, 0.3) is 0 Å². The highest BCUT2D eigenvalue weighted by atomic mass is 16.5. The molecule has 0 radical (unpaired) electrons. The number of hydrogen-bond donors (Lipinski definition) is 2. The van der Waals surface area contributed by atoms with Gasteiger partial charge in [-0.15, -0.1) is 0 Å². The van der Waals surface area contributed by atoms with E-state index >= 15 is 0 Å². The fraction of sp³-hybridized carbons (Fsp3) is 0.300. The quantitative estimate of drug-likeness (QED) is 0.744. The number of hydrogen-bond acceptors (Lipinski definition) is 5. The van der Waals surface area contributed by atoms with E-state index in [-0.39, 0.29) is 24.5 Å². The average molecular weight is 372 g/mol. The van der Waals surface area contributed by atoms with Gasteiger partial charge in [-0.3, -0.25) is 9.59 Å². The van der Waals surface area contributed by atoms with Crippen molar-refractivity contribution in [1.29, 1.82) is 0 Å². The lowest BCUT2D eigenvalue weighted by molar-refractivity contribution is -0.119. The van der Waals surface area contributed by atoms with Crippen LogP contribution >= 0.6 is 0 Å². The molecule has 0 saturated heterocycles. The van der Waals surface area contributed by atoms with Crippen LogP contribution in [0.15, 0.2) is 42.5 Å². The Hall–Kier alpha value is -3.06. The molecule has 0 aliphatic heterocycles. The van der Waals surface area contributed by atoms with Gasteiger partial charge in [0.2, 0.25) is 5.91 Å². The van der Waals surface area contributed by atoms with Crippen LogP contribution in [-0.2, 0) is 9.53 Å². The van der Waals surface area contributed by atoms with Crippen LogP contribution in [0.5, 0.6) is 11.5 Å². The second-order valence-electron chi connectivity index (χ2n) is 5.85. The molecule has 0 aliphatic carbocycles. The molecule has 144 valence electrons. The first kappa shape index (κ1) is 20.3. The molecule has 0 unspecified atom stereocenters. The fourth-order valence-electron chi connectivity index (χ4n) is 2.61. The second-order valence-corrected chi connectivity index (χ2v) is 5.85. The molecule has 0 aromatic heterocycles. The number of amides is 2. The maximum absolute atomic E-state index is 12.7. The zero-order valence-electron chi connectivity index (χ0n) is 15.9. The van der Waals surface area contributed by atoms with Crippen molar-refractivity contribution in [3.05, 3.63) is 53.6 Å². The van der Waals surface area contributed by atoms with E-state index in [4.69, 9.17) is 14.2 Å². The summed E-state index contributed by atoms with van der Waals surface area (Å²) in [7, 11) is 4.35. The fourth-order valence-corrected chi connectivity index (χ4v) is 2.61. The van der Waals surface area contributed by atoms with Crippen LogP contribution in [0.3, 0.4) is 0 Å². The number of methoxy groups -OCH3 is 3. The Labute approximate surface area is 158 Å². The maximum Gasteiger partial charge on any atom is 0.251 e. The second kappa shape index (κ2) is 9.59. The third-order valence-electron chi connectivity index (χ3n) is 3.94. The maximum atomic E-state index is 12.7. The first-order valence-electron chi connectivity index (χ1n) is 8.40. The van der Waals surface area contributed by atoms with Gasteiger partial charge in [-0.05, 0) is 24.6 Å². The highest BCUT2D eigenvalue weighted by Crippen LogP contribution is 2.36. The Morgan fingerprint density at radius 1 is 1.04 bits per heavy atom. The molecule has 2 amide bonds. The van der Waals surface area contributed by atoms with E-state index in [0.717, 1.165) is 5.56 Å². The number of benzene rings is 2. The Morgan fingerprint density at radius 2 is 1.74 bits per heavy atom. The smallest absolute Gasteiger partial charge is 0.251 e. The molecule has 0 saturated carbocycles. The van der Waals surface area contributed by atoms with Crippen LogP contribution in [0.1, 0.15) is 28.9 Å². The van der Waals surface area contributed by atoms with Crippen molar-refractivity contribution in [1.82, 2.24) is 5.32 Å². The van der Waals surface area contributed by atoms with Gasteiger partial charge in [0.1, 0.15) is 6.61 Å². The summed E-state index contributed by atoms with van der Waals surface area (Å²) >= 11 is 0. The van der Waals surface area contributed by atoms with Gasteiger partial charge in [0, 0.05) is 12.7 Å². The van der Waals surface area contributed by atoms with E-state index < -0.39 is 0 Å². The van der Waals surface area contributed by atoms with Crippen molar-refractivity contribution in [2.75, 3.05) is 33.3 Å². The van der Waals surface area contributed by atoms with Gasteiger partial charge in [-0.1, -0.05) is 30.3 Å². The zero-order chi connectivity index (χ0) is 19.8. The first-order chi connectivity index (χ1) is 13.0. The van der Waals surface area contributed by atoms with E-state index in [1.807, 2.05) is 37.3 Å². The summed E-state index contributed by atoms with van der Waals surface area (Å²) in [6.07, 6.45) is 0. The minimum Gasteiger partial charge on any atom is -0.493 e. The molecule has 7 nitrogen and oxygen atoms in total. The van der Waals surface area contributed by atoms with Crippen LogP contribution in [0.2, 0.25) is 0 Å². The molecule has 7 heteroatoms. The van der Waals surface area contributed by atoms with Gasteiger partial charge in [-0.2, -0.15) is 0 Å². The molecule has 0 heterocycles. The molecular weight excluding hydrogens is 348 g/mol. The van der Waals surface area contributed by atoms with Crippen molar-refractivity contribution in [2.45, 2.75) is 13.0 Å². The monoisotopic (exact) mass is 372 g/mol. The minimum absolute atomic E-state index is 0.118. The topological polar surface area (TPSA) is 85.9 Å². The molecule has 2 N–H and O–H groups in total. The van der Waals surface area contributed by atoms with Gasteiger partial charge in [0.15, 0.2) is 11.5 Å². The van der Waals surface area contributed by atoms with E-state index in [2.05, 4.69) is 10.6 Å². The lowest BCUT2D eigenvalue weighted by Gasteiger charge is -2.18. The van der Waals surface area contributed by atoms with E-state index in [1.54, 1.807) is 12.1 Å². The van der Waals surface area contributed by atoms with E-state index in [0.29, 0.717) is 22.7 Å². The average Bonchev–Trinajstić information content (AvgIpc) is 2.68. The van der Waals surface area contributed by atoms with E-state index in [9.17, 15) is 9.59 Å². The summed E-state index contributed by atoms with van der Waals surface area (Å²) in [5.41, 5.74) is 1.65. The number of ether oxygens (including phenoxy) is 3. The lowest BCUT2D eigenvalue weighted by atomic mass is 10.1. The number of carbonyl (C=O) groups is 2. The Morgan fingerprint density at radius 3 is 2.33 bits per heavy atom. The highest BCUT2D eigenvalue weighted by molar-refractivity contribution is 5.99. The van der Waals surface area contributed by atoms with Gasteiger partial charge >= 0.3 is 0 Å². The highest BCUT2D eigenvalue weighted by Gasteiger charge is 2.19. The Balaban J connectivity index is 2.29. The number of nitrogens with one attached hydrogen (secondary N) is 2. The molecule has 1 atom stereocenters. The summed E-state index contributed by atoms with van der Waals surface area (Å²) in [6, 6.07) is 12.6. The first-order valence-corrected chi connectivity index (χ1v) is 8.40. The molecule has 0 aliphatic rings. The number of anilines is 1. The number of rotatable bonds is 8. The predicted octanol–water partition coefficient (Wildman–Crippen LogP) is 2.78. The van der Waals surface area contributed by atoms with E-state index in [1.165, 1.54) is 21.3 Å². The molecule has 2 aromatic rings. The van der Waals surface area contributed by atoms with Crippen molar-refractivity contribution >= 4 is 17.5 Å². The van der Waals surface area contributed by atoms with Crippen LogP contribution in [0.4, 0.5) is 5.69 Å². The van der Waals surface area contributed by atoms with Crippen LogP contribution in [0, 0.1) is 0 Å².